The van der Waals surface area contributed by atoms with Gasteiger partial charge in [0.2, 0.25) is 5.84 Å². The molecule has 0 aliphatic carbocycles. The lowest BCUT2D eigenvalue weighted by molar-refractivity contribution is -0.250. The summed E-state index contributed by atoms with van der Waals surface area (Å²) >= 11 is 5.66. The second-order valence-corrected chi connectivity index (χ2v) is 4.16. The highest BCUT2D eigenvalue weighted by atomic mass is 35.5. The number of benzene rings is 1. The molecule has 0 atom stereocenters. The van der Waals surface area contributed by atoms with E-state index in [1.165, 1.54) is 24.3 Å². The van der Waals surface area contributed by atoms with Crippen molar-refractivity contribution in [2.75, 3.05) is 0 Å². The van der Waals surface area contributed by atoms with Gasteiger partial charge in [0.25, 0.3) is 0 Å². The molecule has 0 amide bonds. The monoisotopic (exact) mass is 312 g/mol. The molecule has 1 aliphatic rings. The molecular formula is C10H6ClF5N4. The van der Waals surface area contributed by atoms with E-state index in [2.05, 4.69) is 10.2 Å². The number of nitrogens with one attached hydrogen (secondary N) is 2. The average molecular weight is 313 g/mol. The highest BCUT2D eigenvalue weighted by molar-refractivity contribution is 6.30. The molecular weight excluding hydrogens is 307 g/mol. The Morgan fingerprint density at radius 3 is 1.95 bits per heavy atom. The molecule has 0 aromatic heterocycles. The predicted molar refractivity (Wildman–Crippen MR) is 62.7 cm³/mol. The van der Waals surface area contributed by atoms with Gasteiger partial charge in [0.1, 0.15) is 0 Å². The number of alkyl halides is 5. The summed E-state index contributed by atoms with van der Waals surface area (Å²) in [6.45, 7) is 0. The van der Waals surface area contributed by atoms with E-state index in [1.807, 2.05) is 5.43 Å². The van der Waals surface area contributed by atoms with Crippen molar-refractivity contribution < 1.29 is 22.0 Å². The molecule has 20 heavy (non-hydrogen) atoms. The summed E-state index contributed by atoms with van der Waals surface area (Å²) in [5, 5.41) is 6.80. The second-order valence-electron chi connectivity index (χ2n) is 3.72. The number of halogens is 6. The normalized spacial score (nSPS) is 15.9. The molecule has 0 fully saturated rings. The van der Waals surface area contributed by atoms with Crippen LogP contribution in [0, 0.1) is 0 Å². The summed E-state index contributed by atoms with van der Waals surface area (Å²) in [5.41, 5.74) is 4.05. The van der Waals surface area contributed by atoms with E-state index in [0.717, 1.165) is 0 Å². The lowest BCUT2D eigenvalue weighted by Gasteiger charge is -2.23. The van der Waals surface area contributed by atoms with Gasteiger partial charge in [-0.15, -0.1) is 0 Å². The van der Waals surface area contributed by atoms with Crippen molar-refractivity contribution in [2.45, 2.75) is 12.1 Å². The Kier molecular flexibility index (Phi) is 3.55. The van der Waals surface area contributed by atoms with Gasteiger partial charge >= 0.3 is 12.1 Å². The van der Waals surface area contributed by atoms with Gasteiger partial charge in [-0.05, 0) is 24.3 Å². The fraction of sp³-hybridized carbons (Fsp3) is 0.200. The smallest absolute Gasteiger partial charge is 0.257 e. The molecule has 10 heteroatoms. The van der Waals surface area contributed by atoms with E-state index in [0.29, 0.717) is 10.6 Å². The first-order valence-corrected chi connectivity index (χ1v) is 5.48. The highest BCUT2D eigenvalue weighted by Crippen LogP contribution is 2.36. The van der Waals surface area contributed by atoms with E-state index >= 15 is 0 Å². The van der Waals surface area contributed by atoms with Crippen molar-refractivity contribution in [3.05, 3.63) is 34.9 Å². The third-order valence-electron chi connectivity index (χ3n) is 2.32. The minimum absolute atomic E-state index is 0.0107. The lowest BCUT2D eigenvalue weighted by atomic mass is 10.2. The first-order chi connectivity index (χ1) is 9.22. The Bertz CT molecular complexity index is 564. The van der Waals surface area contributed by atoms with E-state index in [1.54, 1.807) is 5.43 Å². The zero-order valence-corrected chi connectivity index (χ0v) is 10.2. The van der Waals surface area contributed by atoms with Crippen LogP contribution in [0.4, 0.5) is 22.0 Å². The van der Waals surface area contributed by atoms with E-state index in [4.69, 9.17) is 11.6 Å². The molecule has 0 saturated carbocycles. The Hall–Kier alpha value is -1.90. The second kappa shape index (κ2) is 4.89. The van der Waals surface area contributed by atoms with Crippen LogP contribution in [0.1, 0.15) is 5.56 Å². The maximum absolute atomic E-state index is 13.0. The first-order valence-electron chi connectivity index (χ1n) is 5.10. The molecule has 0 unspecified atom stereocenters. The van der Waals surface area contributed by atoms with Crippen molar-refractivity contribution in [3.8, 4) is 0 Å². The van der Waals surface area contributed by atoms with Crippen LogP contribution in [0.2, 0.25) is 5.02 Å². The number of nitrogens with zero attached hydrogens (tertiary/aromatic N) is 2. The van der Waals surface area contributed by atoms with Crippen LogP contribution in [0.15, 0.2) is 34.5 Å². The highest BCUT2D eigenvalue weighted by Gasteiger charge is 2.62. The van der Waals surface area contributed by atoms with Gasteiger partial charge in [0, 0.05) is 10.6 Å². The van der Waals surface area contributed by atoms with Crippen LogP contribution < -0.4 is 10.9 Å². The third kappa shape index (κ3) is 2.67. The Labute approximate surface area is 114 Å². The number of hydrogen-bond donors (Lipinski definition) is 2. The Morgan fingerprint density at radius 2 is 1.50 bits per heavy atom. The standard InChI is InChI=1S/C10H6ClF5N4/c11-6-3-1-5(2-4-6)7-17-19-8(20-18-7)9(12,13)10(14,15)16/h1-4H,(H,17,18)(H,19,20). The van der Waals surface area contributed by atoms with Crippen LogP contribution >= 0.6 is 11.6 Å². The minimum Gasteiger partial charge on any atom is -0.257 e. The lowest BCUT2D eigenvalue weighted by Crippen LogP contribution is -2.52. The molecule has 1 aromatic rings. The SMILES string of the molecule is FC(F)(F)C(F)(F)C1=NNC(c2ccc(Cl)cc2)=NN1. The molecule has 1 aromatic carbocycles. The van der Waals surface area contributed by atoms with Crippen LogP contribution in [-0.2, 0) is 0 Å². The molecule has 1 heterocycles. The Morgan fingerprint density at radius 1 is 0.900 bits per heavy atom. The summed E-state index contributed by atoms with van der Waals surface area (Å²) in [6, 6.07) is 6.01. The molecule has 0 radical (unpaired) electrons. The van der Waals surface area contributed by atoms with Gasteiger partial charge in [0.05, 0.1) is 0 Å². The number of hydrazone groups is 2. The van der Waals surface area contributed by atoms with Crippen LogP contribution in [0.3, 0.4) is 0 Å². The van der Waals surface area contributed by atoms with Gasteiger partial charge in [-0.25, -0.2) is 0 Å². The van der Waals surface area contributed by atoms with Gasteiger partial charge in [-0.2, -0.15) is 32.2 Å². The van der Waals surface area contributed by atoms with Gasteiger partial charge in [0.15, 0.2) is 5.84 Å². The van der Waals surface area contributed by atoms with Crippen molar-refractivity contribution in [1.29, 1.82) is 0 Å². The van der Waals surface area contributed by atoms with Gasteiger partial charge < -0.3 is 0 Å². The van der Waals surface area contributed by atoms with Crippen molar-refractivity contribution in [1.82, 2.24) is 10.9 Å². The number of rotatable bonds is 2. The molecule has 2 N–H and O–H groups in total. The number of hydrogen-bond acceptors (Lipinski definition) is 4. The molecule has 4 nitrogen and oxygen atoms in total. The zero-order chi connectivity index (χ0) is 15.0. The zero-order valence-electron chi connectivity index (χ0n) is 9.47. The average Bonchev–Trinajstić information content (AvgIpc) is 2.38. The van der Waals surface area contributed by atoms with Gasteiger partial charge in [-0.3, -0.25) is 10.9 Å². The summed E-state index contributed by atoms with van der Waals surface area (Å²) < 4.78 is 62.3. The van der Waals surface area contributed by atoms with Crippen LogP contribution in [-0.4, -0.2) is 23.8 Å². The fourth-order valence-electron chi connectivity index (χ4n) is 1.28. The van der Waals surface area contributed by atoms with Crippen molar-refractivity contribution >= 4 is 23.3 Å². The maximum atomic E-state index is 13.0. The van der Waals surface area contributed by atoms with E-state index in [-0.39, 0.29) is 5.84 Å². The summed E-state index contributed by atoms with van der Waals surface area (Å²) in [4.78, 5) is 0. The van der Waals surface area contributed by atoms with Crippen molar-refractivity contribution in [2.24, 2.45) is 10.2 Å². The summed E-state index contributed by atoms with van der Waals surface area (Å²) in [6.07, 6.45) is -5.76. The maximum Gasteiger partial charge on any atom is 0.461 e. The van der Waals surface area contributed by atoms with E-state index in [9.17, 15) is 22.0 Å². The minimum atomic E-state index is -5.76. The molecule has 0 bridgehead atoms. The quantitative estimate of drug-likeness (QED) is 0.825. The van der Waals surface area contributed by atoms with Gasteiger partial charge in [-0.1, -0.05) is 11.6 Å². The summed E-state index contributed by atoms with van der Waals surface area (Å²) in [7, 11) is 0. The molecule has 0 spiro atoms. The largest absolute Gasteiger partial charge is 0.461 e. The molecule has 108 valence electrons. The topological polar surface area (TPSA) is 48.8 Å². The first kappa shape index (κ1) is 14.5. The molecule has 2 rings (SSSR count). The molecule has 1 aliphatic heterocycles. The Balaban J connectivity index is 2.16. The molecule has 0 saturated heterocycles. The van der Waals surface area contributed by atoms with Crippen molar-refractivity contribution in [3.63, 3.8) is 0 Å². The van der Waals surface area contributed by atoms with E-state index < -0.39 is 17.9 Å². The van der Waals surface area contributed by atoms with Crippen LogP contribution in [0.25, 0.3) is 0 Å². The summed E-state index contributed by atoms with van der Waals surface area (Å²) in [5.74, 6) is -6.75. The van der Waals surface area contributed by atoms with Crippen LogP contribution in [0.5, 0.6) is 0 Å². The predicted octanol–water partition coefficient (Wildman–Crippen LogP) is 2.71. The third-order valence-corrected chi connectivity index (χ3v) is 2.57. The number of amidine groups is 2. The fourth-order valence-corrected chi connectivity index (χ4v) is 1.41.